The van der Waals surface area contributed by atoms with Crippen LogP contribution in [-0.4, -0.2) is 40.2 Å². The Morgan fingerprint density at radius 3 is 3.04 bits per heavy atom. The van der Waals surface area contributed by atoms with Gasteiger partial charge in [0.25, 0.3) is 0 Å². The Bertz CT molecular complexity index is 785. The van der Waals surface area contributed by atoms with Crippen LogP contribution >= 0.6 is 0 Å². The molecule has 1 fully saturated rings. The van der Waals surface area contributed by atoms with E-state index in [1.165, 1.54) is 11.1 Å². The molecule has 1 aromatic heterocycles. The molecular formula is C18H22N4O2. The number of anilines is 1. The van der Waals surface area contributed by atoms with Crippen LogP contribution in [0.15, 0.2) is 30.3 Å². The van der Waals surface area contributed by atoms with Crippen LogP contribution in [0, 0.1) is 6.92 Å². The number of benzene rings is 1. The van der Waals surface area contributed by atoms with Crippen molar-refractivity contribution in [3.63, 3.8) is 0 Å². The minimum absolute atomic E-state index is 0.0127. The number of aromatic nitrogens is 2. The van der Waals surface area contributed by atoms with Crippen LogP contribution in [-0.2, 0) is 28.8 Å². The lowest BCUT2D eigenvalue weighted by molar-refractivity contribution is -0.117. The van der Waals surface area contributed by atoms with Gasteiger partial charge in [0.15, 0.2) is 0 Å². The molecule has 1 saturated heterocycles. The largest absolute Gasteiger partial charge is 0.364 e. The van der Waals surface area contributed by atoms with E-state index in [1.807, 2.05) is 20.0 Å². The summed E-state index contributed by atoms with van der Waals surface area (Å²) in [6.07, 6.45) is 0.933. The van der Waals surface area contributed by atoms with Gasteiger partial charge in [-0.05, 0) is 24.5 Å². The number of aryl methyl sites for hydroxylation is 2. The Morgan fingerprint density at radius 1 is 1.42 bits per heavy atom. The zero-order chi connectivity index (χ0) is 16.7. The predicted octanol–water partition coefficient (Wildman–Crippen LogP) is 1.80. The molecule has 2 aliphatic heterocycles. The first-order valence-corrected chi connectivity index (χ1v) is 8.31. The van der Waals surface area contributed by atoms with Crippen LogP contribution in [0.5, 0.6) is 0 Å². The lowest BCUT2D eigenvalue weighted by atomic mass is 9.92. The molecule has 6 heteroatoms. The first-order chi connectivity index (χ1) is 11.6. The summed E-state index contributed by atoms with van der Waals surface area (Å²) in [5.74, 6) is 0.718. The SMILES string of the molecule is Cc1cc(NC(=O)CN2CCC3(C2)OCc2ccccc23)n(C)n1. The van der Waals surface area contributed by atoms with Gasteiger partial charge in [-0.1, -0.05) is 24.3 Å². The molecule has 0 saturated carbocycles. The number of rotatable bonds is 3. The molecule has 6 nitrogen and oxygen atoms in total. The van der Waals surface area contributed by atoms with Crippen molar-refractivity contribution in [2.75, 3.05) is 25.0 Å². The van der Waals surface area contributed by atoms with Crippen molar-refractivity contribution in [3.05, 3.63) is 47.2 Å². The van der Waals surface area contributed by atoms with Gasteiger partial charge in [0, 0.05) is 26.2 Å². The quantitative estimate of drug-likeness (QED) is 0.934. The van der Waals surface area contributed by atoms with Gasteiger partial charge in [0.2, 0.25) is 5.91 Å². The van der Waals surface area contributed by atoms with Gasteiger partial charge in [-0.15, -0.1) is 0 Å². The fraction of sp³-hybridized carbons (Fsp3) is 0.444. The van der Waals surface area contributed by atoms with Crippen molar-refractivity contribution in [2.24, 2.45) is 7.05 Å². The lowest BCUT2D eigenvalue weighted by Gasteiger charge is -2.24. The van der Waals surface area contributed by atoms with E-state index in [0.29, 0.717) is 13.2 Å². The normalized spacial score (nSPS) is 22.9. The van der Waals surface area contributed by atoms with Gasteiger partial charge in [-0.25, -0.2) is 0 Å². The highest BCUT2D eigenvalue weighted by Crippen LogP contribution is 2.43. The van der Waals surface area contributed by atoms with Crippen LogP contribution in [0.4, 0.5) is 5.82 Å². The number of nitrogens with one attached hydrogen (secondary N) is 1. The summed E-state index contributed by atoms with van der Waals surface area (Å²) in [4.78, 5) is 14.5. The van der Waals surface area contributed by atoms with Gasteiger partial charge in [-0.3, -0.25) is 14.4 Å². The summed E-state index contributed by atoms with van der Waals surface area (Å²) in [6.45, 7) is 4.59. The molecule has 0 radical (unpaired) electrons. The van der Waals surface area contributed by atoms with E-state index < -0.39 is 0 Å². The maximum Gasteiger partial charge on any atom is 0.239 e. The summed E-state index contributed by atoms with van der Waals surface area (Å²) in [7, 11) is 1.83. The number of hydrogen-bond acceptors (Lipinski definition) is 4. The zero-order valence-electron chi connectivity index (χ0n) is 14.1. The summed E-state index contributed by atoms with van der Waals surface area (Å²) < 4.78 is 7.83. The smallest absolute Gasteiger partial charge is 0.239 e. The van der Waals surface area contributed by atoms with Crippen molar-refractivity contribution in [3.8, 4) is 0 Å². The van der Waals surface area contributed by atoms with Crippen molar-refractivity contribution in [1.29, 1.82) is 0 Å². The lowest BCUT2D eigenvalue weighted by Crippen LogP contribution is -2.35. The standard InChI is InChI=1S/C18H22N4O2/c1-13-9-16(21(2)20-13)19-17(23)10-22-8-7-18(12-22)15-6-4-3-5-14(15)11-24-18/h3-6,9H,7-8,10-12H2,1-2H3,(H,19,23). The Kier molecular flexibility index (Phi) is 3.66. The molecule has 1 atom stereocenters. The van der Waals surface area contributed by atoms with Gasteiger partial charge >= 0.3 is 0 Å². The maximum atomic E-state index is 12.3. The molecule has 1 N–H and O–H groups in total. The molecule has 24 heavy (non-hydrogen) atoms. The number of likely N-dealkylation sites (tertiary alicyclic amines) is 1. The highest BCUT2D eigenvalue weighted by molar-refractivity contribution is 5.91. The van der Waals surface area contributed by atoms with E-state index in [-0.39, 0.29) is 11.5 Å². The third kappa shape index (κ3) is 2.61. The van der Waals surface area contributed by atoms with Gasteiger partial charge < -0.3 is 10.1 Å². The number of amides is 1. The second-order valence-corrected chi connectivity index (χ2v) is 6.74. The summed E-state index contributed by atoms with van der Waals surface area (Å²) >= 11 is 0. The highest BCUT2D eigenvalue weighted by Gasteiger charge is 2.45. The molecule has 1 amide bonds. The summed E-state index contributed by atoms with van der Waals surface area (Å²) in [6, 6.07) is 10.3. The van der Waals surface area contributed by atoms with Crippen LogP contribution in [0.3, 0.4) is 0 Å². The number of hydrogen-bond donors (Lipinski definition) is 1. The number of nitrogens with zero attached hydrogens (tertiary/aromatic N) is 3. The fourth-order valence-electron chi connectivity index (χ4n) is 3.83. The Hall–Kier alpha value is -2.18. The van der Waals surface area contributed by atoms with Crippen molar-refractivity contribution < 1.29 is 9.53 Å². The van der Waals surface area contributed by atoms with Crippen LogP contribution in [0.1, 0.15) is 23.2 Å². The van der Waals surface area contributed by atoms with E-state index >= 15 is 0 Å². The average Bonchev–Trinajstić information content (AvgIpc) is 3.21. The molecule has 2 aromatic rings. The first kappa shape index (κ1) is 15.4. The predicted molar refractivity (Wildman–Crippen MR) is 90.5 cm³/mol. The van der Waals surface area contributed by atoms with E-state index in [1.54, 1.807) is 4.68 Å². The van der Waals surface area contributed by atoms with Crippen molar-refractivity contribution >= 4 is 11.7 Å². The topological polar surface area (TPSA) is 59.4 Å². The molecule has 126 valence electrons. The van der Waals surface area contributed by atoms with Crippen molar-refractivity contribution in [1.82, 2.24) is 14.7 Å². The van der Waals surface area contributed by atoms with Crippen LogP contribution in [0.25, 0.3) is 0 Å². The maximum absolute atomic E-state index is 12.3. The summed E-state index contributed by atoms with van der Waals surface area (Å²) in [5.41, 5.74) is 3.22. The number of carbonyl (C=O) groups excluding carboxylic acids is 1. The van der Waals surface area contributed by atoms with E-state index in [9.17, 15) is 4.79 Å². The zero-order valence-corrected chi connectivity index (χ0v) is 14.1. The monoisotopic (exact) mass is 326 g/mol. The van der Waals surface area contributed by atoms with Crippen LogP contribution < -0.4 is 5.32 Å². The molecule has 3 heterocycles. The molecule has 1 spiro atoms. The third-order valence-corrected chi connectivity index (χ3v) is 4.96. The van der Waals surface area contributed by atoms with E-state index in [0.717, 1.165) is 31.0 Å². The van der Waals surface area contributed by atoms with Crippen LogP contribution in [0.2, 0.25) is 0 Å². The van der Waals surface area contributed by atoms with Gasteiger partial charge in [0.1, 0.15) is 11.4 Å². The molecule has 0 aliphatic carbocycles. The Labute approximate surface area is 141 Å². The van der Waals surface area contributed by atoms with Gasteiger partial charge in [0.05, 0.1) is 18.8 Å². The minimum Gasteiger partial charge on any atom is -0.364 e. The highest BCUT2D eigenvalue weighted by atomic mass is 16.5. The molecule has 2 aliphatic rings. The average molecular weight is 326 g/mol. The number of ether oxygens (including phenoxy) is 1. The second kappa shape index (κ2) is 5.72. The summed E-state index contributed by atoms with van der Waals surface area (Å²) in [5, 5.41) is 7.18. The second-order valence-electron chi connectivity index (χ2n) is 6.74. The number of fused-ring (bicyclic) bond motifs is 2. The first-order valence-electron chi connectivity index (χ1n) is 8.31. The minimum atomic E-state index is -0.236. The molecule has 4 rings (SSSR count). The van der Waals surface area contributed by atoms with Crippen molar-refractivity contribution in [2.45, 2.75) is 25.6 Å². The van der Waals surface area contributed by atoms with E-state index in [2.05, 4.69) is 39.6 Å². The van der Waals surface area contributed by atoms with E-state index in [4.69, 9.17) is 4.74 Å². The van der Waals surface area contributed by atoms with Gasteiger partial charge in [-0.2, -0.15) is 5.10 Å². The molecular weight excluding hydrogens is 304 g/mol. The number of carbonyl (C=O) groups is 1. The third-order valence-electron chi connectivity index (χ3n) is 4.96. The Balaban J connectivity index is 1.41. The molecule has 0 bridgehead atoms. The Morgan fingerprint density at radius 2 is 2.25 bits per heavy atom. The molecule has 1 unspecified atom stereocenters. The molecule has 1 aromatic carbocycles. The fourth-order valence-corrected chi connectivity index (χ4v) is 3.83.